The number of esters is 3. The van der Waals surface area contributed by atoms with Gasteiger partial charge in [0.15, 0.2) is 6.10 Å². The molecule has 0 heterocycles. The summed E-state index contributed by atoms with van der Waals surface area (Å²) in [5.74, 6) is -1.50. The van der Waals surface area contributed by atoms with E-state index in [9.17, 15) is 28.9 Å². The van der Waals surface area contributed by atoms with Gasteiger partial charge in [-0.2, -0.15) is 0 Å². The predicted molar refractivity (Wildman–Crippen MR) is 298 cm³/mol. The molecule has 0 radical (unpaired) electrons. The van der Waals surface area contributed by atoms with E-state index >= 15 is 0 Å². The number of hydrogen-bond donors (Lipinski definition) is 2. The van der Waals surface area contributed by atoms with Crippen molar-refractivity contribution >= 4 is 25.7 Å². The first-order valence-electron chi connectivity index (χ1n) is 28.5. The molecule has 0 aromatic heterocycles. The maximum absolute atomic E-state index is 12.9. The highest BCUT2D eigenvalue weighted by atomic mass is 31.2. The fourth-order valence-electron chi connectivity index (χ4n) is 7.54. The first kappa shape index (κ1) is 68.7. The summed E-state index contributed by atoms with van der Waals surface area (Å²) in [4.78, 5) is 48.5. The van der Waals surface area contributed by atoms with E-state index in [2.05, 4.69) is 106 Å². The van der Waals surface area contributed by atoms with E-state index in [0.717, 1.165) is 122 Å². The summed E-state index contributed by atoms with van der Waals surface area (Å²) in [6, 6.07) is 0. The average Bonchev–Trinajstić information content (AvgIpc) is 3.37. The van der Waals surface area contributed by atoms with E-state index in [-0.39, 0.29) is 25.9 Å². The molecule has 0 aliphatic carbocycles. The largest absolute Gasteiger partial charge is 0.472 e. The zero-order valence-corrected chi connectivity index (χ0v) is 46.5. The normalized spacial score (nSPS) is 14.0. The van der Waals surface area contributed by atoms with Gasteiger partial charge in [0.25, 0.3) is 0 Å². The highest BCUT2D eigenvalue weighted by molar-refractivity contribution is 7.47. The second-order valence-corrected chi connectivity index (χ2v) is 20.1. The average molecular weight is 1030 g/mol. The SMILES string of the molecule is CC/C=C\C/C=C\C/C=C\C/C=C\CCCCCCC(=O)OC(COC(=O)CCCCCCCCCCCCC)COP(=O)(O)OCC(CO)OC(=O)CCCCCCCCC/C=C\C/C=C\C/C=C\CC. The molecule has 0 aliphatic rings. The predicted octanol–water partition coefficient (Wildman–Crippen LogP) is 16.7. The van der Waals surface area contributed by atoms with E-state index in [0.29, 0.717) is 19.3 Å². The van der Waals surface area contributed by atoms with Gasteiger partial charge in [0, 0.05) is 19.3 Å². The molecule has 11 nitrogen and oxygen atoms in total. The van der Waals surface area contributed by atoms with E-state index in [4.69, 9.17) is 23.3 Å². The summed E-state index contributed by atoms with van der Waals surface area (Å²) in [5.41, 5.74) is 0. The van der Waals surface area contributed by atoms with Crippen LogP contribution in [0.5, 0.6) is 0 Å². The molecule has 0 saturated heterocycles. The Morgan fingerprint density at radius 2 is 0.722 bits per heavy atom. The molecule has 0 amide bonds. The van der Waals surface area contributed by atoms with Crippen LogP contribution < -0.4 is 0 Å². The third-order valence-corrected chi connectivity index (χ3v) is 12.8. The van der Waals surface area contributed by atoms with Crippen molar-refractivity contribution in [3.05, 3.63) is 85.1 Å². The van der Waals surface area contributed by atoms with Crippen LogP contribution in [0.4, 0.5) is 0 Å². The lowest BCUT2D eigenvalue weighted by Gasteiger charge is -2.21. The Balaban J connectivity index is 4.72. The summed E-state index contributed by atoms with van der Waals surface area (Å²) < 4.78 is 39.5. The van der Waals surface area contributed by atoms with Crippen LogP contribution >= 0.6 is 7.82 Å². The number of rotatable bonds is 52. The minimum atomic E-state index is -4.76. The number of phosphoric ester groups is 1. The Morgan fingerprint density at radius 3 is 1.11 bits per heavy atom. The van der Waals surface area contributed by atoms with E-state index in [1.165, 1.54) is 57.8 Å². The monoisotopic (exact) mass is 1030 g/mol. The molecule has 0 bridgehead atoms. The highest BCUT2D eigenvalue weighted by Crippen LogP contribution is 2.43. The van der Waals surface area contributed by atoms with Crippen LogP contribution in [0.3, 0.4) is 0 Å². The van der Waals surface area contributed by atoms with Crippen molar-refractivity contribution in [3.8, 4) is 0 Å². The second kappa shape index (κ2) is 53.9. The van der Waals surface area contributed by atoms with E-state index < -0.39 is 57.8 Å². The molecule has 72 heavy (non-hydrogen) atoms. The Morgan fingerprint density at radius 1 is 0.403 bits per heavy atom. The Labute approximate surface area is 439 Å². The molecule has 0 fully saturated rings. The molecule has 0 aromatic rings. The van der Waals surface area contributed by atoms with Crippen molar-refractivity contribution in [3.63, 3.8) is 0 Å². The zero-order chi connectivity index (χ0) is 52.7. The lowest BCUT2D eigenvalue weighted by atomic mass is 10.1. The van der Waals surface area contributed by atoms with Crippen LogP contribution in [0.2, 0.25) is 0 Å². The molecule has 2 N–H and O–H groups in total. The lowest BCUT2D eigenvalue weighted by molar-refractivity contribution is -0.161. The van der Waals surface area contributed by atoms with Gasteiger partial charge in [0.05, 0.1) is 19.8 Å². The van der Waals surface area contributed by atoms with Gasteiger partial charge in [-0.25, -0.2) is 4.57 Å². The number of hydrogen-bond acceptors (Lipinski definition) is 10. The van der Waals surface area contributed by atoms with Gasteiger partial charge in [-0.15, -0.1) is 0 Å². The number of ether oxygens (including phenoxy) is 3. The van der Waals surface area contributed by atoms with Crippen molar-refractivity contribution in [1.82, 2.24) is 0 Å². The van der Waals surface area contributed by atoms with Gasteiger partial charge in [0.1, 0.15) is 12.7 Å². The molecule has 0 rings (SSSR count). The van der Waals surface area contributed by atoms with Gasteiger partial charge in [-0.3, -0.25) is 23.4 Å². The molecule has 414 valence electrons. The third-order valence-electron chi connectivity index (χ3n) is 11.8. The fraction of sp³-hybridized carbons (Fsp3) is 0.717. The van der Waals surface area contributed by atoms with Crippen LogP contribution in [0.15, 0.2) is 85.1 Å². The number of allylic oxidation sites excluding steroid dienone is 14. The zero-order valence-electron chi connectivity index (χ0n) is 45.6. The van der Waals surface area contributed by atoms with Crippen molar-refractivity contribution in [1.29, 1.82) is 0 Å². The second-order valence-electron chi connectivity index (χ2n) is 18.7. The van der Waals surface area contributed by atoms with Crippen molar-refractivity contribution in [2.24, 2.45) is 0 Å². The lowest BCUT2D eigenvalue weighted by Crippen LogP contribution is -2.30. The third kappa shape index (κ3) is 51.6. The Kier molecular flexibility index (Phi) is 51.4. The molecule has 0 aromatic carbocycles. The fourth-order valence-corrected chi connectivity index (χ4v) is 8.32. The quantitative estimate of drug-likeness (QED) is 0.0197. The van der Waals surface area contributed by atoms with Gasteiger partial charge in [-0.1, -0.05) is 215 Å². The molecule has 3 atom stereocenters. The van der Waals surface area contributed by atoms with E-state index in [1.807, 2.05) is 0 Å². The molecule has 0 aliphatic heterocycles. The Bertz CT molecular complexity index is 1530. The summed E-state index contributed by atoms with van der Waals surface area (Å²) in [5, 5.41) is 9.81. The Hall–Kier alpha value is -3.34. The smallest absolute Gasteiger partial charge is 0.462 e. The number of carbonyl (C=O) groups excluding carboxylic acids is 3. The van der Waals surface area contributed by atoms with Gasteiger partial charge in [0.2, 0.25) is 0 Å². The standard InChI is InChI=1S/C60H103O11P/c1-4-7-10-13-16-19-22-24-26-28-30-32-35-38-41-44-47-50-59(63)70-56(52-61)54-68-72(65,66)69-55-57(53-67-58(62)49-46-43-40-37-34-21-18-15-12-9-6-3)71-60(64)51-48-45-42-39-36-33-31-29-27-25-23-20-17-14-11-8-5-2/h7-8,10-11,16-17,19-20,24-27,31,33,56-57,61H,4-6,9,12-15,18,21-23,28-30,32,34-55H2,1-3H3,(H,65,66)/b10-7-,11-8-,19-16-,20-17-,26-24-,27-25-,33-31-. The summed E-state index contributed by atoms with van der Waals surface area (Å²) >= 11 is 0. The number of aliphatic hydroxyl groups excluding tert-OH is 1. The van der Waals surface area contributed by atoms with Crippen LogP contribution in [-0.2, 0) is 42.2 Å². The minimum absolute atomic E-state index is 0.138. The van der Waals surface area contributed by atoms with Gasteiger partial charge >= 0.3 is 25.7 Å². The van der Waals surface area contributed by atoms with Gasteiger partial charge < -0.3 is 24.2 Å². The van der Waals surface area contributed by atoms with Crippen molar-refractivity contribution in [2.75, 3.05) is 26.4 Å². The summed E-state index contributed by atoms with van der Waals surface area (Å²) in [6.45, 7) is 4.38. The van der Waals surface area contributed by atoms with Crippen molar-refractivity contribution in [2.45, 2.75) is 251 Å². The minimum Gasteiger partial charge on any atom is -0.462 e. The summed E-state index contributed by atoms with van der Waals surface area (Å²) in [7, 11) is -4.76. The number of carbonyl (C=O) groups is 3. The van der Waals surface area contributed by atoms with Gasteiger partial charge in [-0.05, 0) is 89.9 Å². The molecule has 0 spiro atoms. The molecular weight excluding hydrogens is 928 g/mol. The van der Waals surface area contributed by atoms with Crippen LogP contribution in [0.1, 0.15) is 239 Å². The molecule has 0 saturated carbocycles. The molecule has 3 unspecified atom stereocenters. The van der Waals surface area contributed by atoms with Crippen LogP contribution in [0.25, 0.3) is 0 Å². The molecular formula is C60H103O11P. The highest BCUT2D eigenvalue weighted by Gasteiger charge is 2.28. The van der Waals surface area contributed by atoms with Crippen molar-refractivity contribution < 1.29 is 52.2 Å². The maximum Gasteiger partial charge on any atom is 0.472 e. The van der Waals surface area contributed by atoms with E-state index in [1.54, 1.807) is 0 Å². The number of unbranched alkanes of at least 4 members (excludes halogenated alkanes) is 21. The first-order valence-corrected chi connectivity index (χ1v) is 30.0. The van der Waals surface area contributed by atoms with Crippen LogP contribution in [-0.4, -0.2) is 66.5 Å². The first-order chi connectivity index (χ1) is 35.2. The molecule has 12 heteroatoms. The maximum atomic E-state index is 12.9. The topological polar surface area (TPSA) is 155 Å². The summed E-state index contributed by atoms with van der Waals surface area (Å²) in [6.07, 6.45) is 61.1. The number of phosphoric acid groups is 1. The number of aliphatic hydroxyl groups is 1. The van der Waals surface area contributed by atoms with Crippen LogP contribution in [0, 0.1) is 0 Å².